The van der Waals surface area contributed by atoms with E-state index in [1.165, 1.54) is 16.7 Å². The van der Waals surface area contributed by atoms with Crippen molar-refractivity contribution in [1.29, 1.82) is 0 Å². The zero-order valence-corrected chi connectivity index (χ0v) is 13.3. The van der Waals surface area contributed by atoms with Crippen LogP contribution in [0.2, 0.25) is 0 Å². The van der Waals surface area contributed by atoms with E-state index in [0.717, 1.165) is 12.8 Å². The van der Waals surface area contributed by atoms with E-state index in [2.05, 4.69) is 0 Å². The molecule has 2 heterocycles. The van der Waals surface area contributed by atoms with Crippen molar-refractivity contribution in [2.45, 2.75) is 31.8 Å². The number of rotatable bonds is 3. The quantitative estimate of drug-likeness (QED) is 0.892. The van der Waals surface area contributed by atoms with Gasteiger partial charge in [-0.15, -0.1) is 0 Å². The second-order valence-corrected chi connectivity index (χ2v) is 6.70. The number of hydrogen-bond donors (Lipinski definition) is 2. The molecule has 0 bridgehead atoms. The molecule has 7 heteroatoms. The summed E-state index contributed by atoms with van der Waals surface area (Å²) >= 11 is 0. The normalized spacial score (nSPS) is 18.0. The fourth-order valence-corrected chi connectivity index (χ4v) is 3.58. The minimum Gasteiger partial charge on any atom is -0.477 e. The summed E-state index contributed by atoms with van der Waals surface area (Å²) in [5.74, 6) is -1.70. The standard InChI is InChI=1S/C17H18FN3O3/c1-8-14-9(5-13(18)15(8)20-6-10(19)7-20)4-12(17(23)24)16(22)21(14)11-2-3-11/h4-5,10-11H,2-3,6-7,19H2,1H3,(H,23,24). The molecule has 0 unspecified atom stereocenters. The molecule has 0 radical (unpaired) electrons. The Balaban J connectivity index is 2.04. The van der Waals surface area contributed by atoms with Gasteiger partial charge in [-0.2, -0.15) is 0 Å². The third-order valence-corrected chi connectivity index (χ3v) is 4.85. The molecule has 0 amide bonds. The predicted molar refractivity (Wildman–Crippen MR) is 88.3 cm³/mol. The van der Waals surface area contributed by atoms with Gasteiger partial charge in [-0.3, -0.25) is 4.79 Å². The Labute approximate surface area is 137 Å². The van der Waals surface area contributed by atoms with E-state index in [9.17, 15) is 19.1 Å². The summed E-state index contributed by atoms with van der Waals surface area (Å²) in [6, 6.07) is 2.63. The Hall–Kier alpha value is -2.41. The molecule has 1 aromatic heterocycles. The Kier molecular flexibility index (Phi) is 3.18. The molecule has 24 heavy (non-hydrogen) atoms. The van der Waals surface area contributed by atoms with Gasteiger partial charge in [0.05, 0.1) is 11.2 Å². The number of anilines is 1. The number of nitrogens with two attached hydrogens (primary N) is 1. The van der Waals surface area contributed by atoms with E-state index in [1.807, 2.05) is 4.90 Å². The van der Waals surface area contributed by atoms with Crippen LogP contribution in [-0.4, -0.2) is 34.8 Å². The number of carbonyl (C=O) groups is 1. The third-order valence-electron chi connectivity index (χ3n) is 4.85. The third kappa shape index (κ3) is 2.11. The first-order valence-electron chi connectivity index (χ1n) is 8.00. The summed E-state index contributed by atoms with van der Waals surface area (Å²) in [6.45, 7) is 2.93. The van der Waals surface area contributed by atoms with Crippen LogP contribution < -0.4 is 16.2 Å². The van der Waals surface area contributed by atoms with Crippen LogP contribution in [0.15, 0.2) is 16.9 Å². The predicted octanol–water partition coefficient (Wildman–Crippen LogP) is 1.63. The van der Waals surface area contributed by atoms with Crippen LogP contribution in [0.25, 0.3) is 10.9 Å². The zero-order valence-electron chi connectivity index (χ0n) is 13.3. The minimum atomic E-state index is -1.29. The number of carboxylic acid groups (broad SMARTS) is 1. The van der Waals surface area contributed by atoms with Gasteiger partial charge in [0.2, 0.25) is 0 Å². The van der Waals surface area contributed by atoms with Crippen molar-refractivity contribution in [3.63, 3.8) is 0 Å². The van der Waals surface area contributed by atoms with E-state index in [1.54, 1.807) is 6.92 Å². The number of fused-ring (bicyclic) bond motifs is 1. The van der Waals surface area contributed by atoms with E-state index in [0.29, 0.717) is 35.2 Å². The molecule has 2 aliphatic rings. The monoisotopic (exact) mass is 331 g/mol. The molecule has 6 nitrogen and oxygen atoms in total. The number of halogens is 1. The first-order chi connectivity index (χ1) is 11.4. The Morgan fingerprint density at radius 1 is 1.33 bits per heavy atom. The van der Waals surface area contributed by atoms with Gasteiger partial charge in [-0.25, -0.2) is 9.18 Å². The number of carboxylic acids is 1. The van der Waals surface area contributed by atoms with Crippen LogP contribution in [0.5, 0.6) is 0 Å². The Morgan fingerprint density at radius 3 is 2.54 bits per heavy atom. The number of aromatic nitrogens is 1. The lowest BCUT2D eigenvalue weighted by Gasteiger charge is -2.40. The lowest BCUT2D eigenvalue weighted by Crippen LogP contribution is -2.56. The summed E-state index contributed by atoms with van der Waals surface area (Å²) in [5, 5.41) is 9.73. The van der Waals surface area contributed by atoms with Crippen molar-refractivity contribution in [2.24, 2.45) is 5.73 Å². The van der Waals surface area contributed by atoms with Gasteiger partial charge in [0.1, 0.15) is 11.4 Å². The van der Waals surface area contributed by atoms with Crippen molar-refractivity contribution >= 4 is 22.6 Å². The fourth-order valence-electron chi connectivity index (χ4n) is 3.58. The number of nitrogens with zero attached hydrogens (tertiary/aromatic N) is 2. The van der Waals surface area contributed by atoms with Crippen molar-refractivity contribution in [3.05, 3.63) is 39.4 Å². The maximum Gasteiger partial charge on any atom is 0.341 e. The molecule has 0 atom stereocenters. The molecular formula is C17H18FN3O3. The van der Waals surface area contributed by atoms with Crippen LogP contribution in [0, 0.1) is 12.7 Å². The van der Waals surface area contributed by atoms with Gasteiger partial charge in [0.25, 0.3) is 5.56 Å². The molecule has 2 aromatic rings. The van der Waals surface area contributed by atoms with E-state index in [-0.39, 0.29) is 17.6 Å². The Morgan fingerprint density at radius 2 is 2.00 bits per heavy atom. The molecule has 1 saturated heterocycles. The van der Waals surface area contributed by atoms with Crippen LogP contribution in [-0.2, 0) is 0 Å². The van der Waals surface area contributed by atoms with Crippen molar-refractivity contribution in [2.75, 3.05) is 18.0 Å². The number of benzene rings is 1. The van der Waals surface area contributed by atoms with Crippen LogP contribution in [0.4, 0.5) is 10.1 Å². The van der Waals surface area contributed by atoms with Crippen LogP contribution in [0.3, 0.4) is 0 Å². The fraction of sp³-hybridized carbons (Fsp3) is 0.412. The molecule has 1 saturated carbocycles. The molecule has 4 rings (SSSR count). The maximum absolute atomic E-state index is 14.6. The van der Waals surface area contributed by atoms with Crippen LogP contribution in [0.1, 0.15) is 34.8 Å². The SMILES string of the molecule is Cc1c(N2CC(N)C2)c(F)cc2cc(C(=O)O)c(=O)n(C3CC3)c12. The van der Waals surface area contributed by atoms with Crippen molar-refractivity contribution in [3.8, 4) is 0 Å². The molecule has 3 N–H and O–H groups in total. The minimum absolute atomic E-state index is 0.00467. The lowest BCUT2D eigenvalue weighted by atomic mass is 10.0. The second-order valence-electron chi connectivity index (χ2n) is 6.70. The molecule has 0 spiro atoms. The average Bonchev–Trinajstić information content (AvgIpc) is 3.29. The summed E-state index contributed by atoms with van der Waals surface area (Å²) in [6.07, 6.45) is 1.66. The second kappa shape index (κ2) is 5.04. The highest BCUT2D eigenvalue weighted by Crippen LogP contribution is 2.40. The van der Waals surface area contributed by atoms with Gasteiger partial charge in [-0.05, 0) is 37.5 Å². The van der Waals surface area contributed by atoms with Gasteiger partial charge in [-0.1, -0.05) is 0 Å². The lowest BCUT2D eigenvalue weighted by molar-refractivity contribution is 0.0694. The highest BCUT2D eigenvalue weighted by atomic mass is 19.1. The molecule has 1 aromatic carbocycles. The first kappa shape index (κ1) is 15.1. The van der Waals surface area contributed by atoms with Gasteiger partial charge in [0.15, 0.2) is 0 Å². The number of hydrogen-bond acceptors (Lipinski definition) is 4. The smallest absolute Gasteiger partial charge is 0.341 e. The Bertz CT molecular complexity index is 927. The summed E-state index contributed by atoms with van der Waals surface area (Å²) in [7, 11) is 0. The van der Waals surface area contributed by atoms with Gasteiger partial charge >= 0.3 is 5.97 Å². The van der Waals surface area contributed by atoms with E-state index < -0.39 is 17.3 Å². The van der Waals surface area contributed by atoms with Crippen molar-refractivity contribution < 1.29 is 14.3 Å². The number of pyridine rings is 1. The van der Waals surface area contributed by atoms with Crippen LogP contribution >= 0.6 is 0 Å². The first-order valence-corrected chi connectivity index (χ1v) is 8.00. The summed E-state index contributed by atoms with van der Waals surface area (Å²) in [5.41, 5.74) is 6.72. The van der Waals surface area contributed by atoms with E-state index in [4.69, 9.17) is 5.73 Å². The molecule has 126 valence electrons. The number of aromatic carboxylic acids is 1. The molecule has 1 aliphatic carbocycles. The topological polar surface area (TPSA) is 88.6 Å². The summed E-state index contributed by atoms with van der Waals surface area (Å²) < 4.78 is 16.2. The zero-order chi connectivity index (χ0) is 17.2. The maximum atomic E-state index is 14.6. The average molecular weight is 331 g/mol. The van der Waals surface area contributed by atoms with Gasteiger partial charge in [0, 0.05) is 30.6 Å². The number of aryl methyl sites for hydroxylation is 1. The summed E-state index contributed by atoms with van der Waals surface area (Å²) in [4.78, 5) is 25.8. The van der Waals surface area contributed by atoms with Gasteiger partial charge < -0.3 is 20.3 Å². The molecule has 2 fully saturated rings. The molecular weight excluding hydrogens is 313 g/mol. The van der Waals surface area contributed by atoms with Crippen molar-refractivity contribution in [1.82, 2.24) is 4.57 Å². The highest BCUT2D eigenvalue weighted by Gasteiger charge is 2.32. The molecule has 1 aliphatic heterocycles. The van der Waals surface area contributed by atoms with E-state index >= 15 is 0 Å². The largest absolute Gasteiger partial charge is 0.477 e. The highest BCUT2D eigenvalue weighted by molar-refractivity contribution is 5.95.